The summed E-state index contributed by atoms with van der Waals surface area (Å²) in [6.07, 6.45) is 6.75. The summed E-state index contributed by atoms with van der Waals surface area (Å²) in [4.78, 5) is 12.9. The van der Waals surface area contributed by atoms with E-state index in [0.717, 1.165) is 25.7 Å². The molecule has 1 aliphatic carbocycles. The molecule has 0 bridgehead atoms. The van der Waals surface area contributed by atoms with Crippen LogP contribution in [-0.4, -0.2) is 43.4 Å². The lowest BCUT2D eigenvalue weighted by Gasteiger charge is -2.28. The second-order valence-electron chi connectivity index (χ2n) is 7.76. The van der Waals surface area contributed by atoms with Crippen molar-refractivity contribution in [1.29, 1.82) is 0 Å². The monoisotopic (exact) mass is 394 g/mol. The van der Waals surface area contributed by atoms with E-state index < -0.39 is 16.1 Å². The van der Waals surface area contributed by atoms with Gasteiger partial charge in [0.2, 0.25) is 15.9 Å². The zero-order chi connectivity index (χ0) is 19.4. The van der Waals surface area contributed by atoms with E-state index in [2.05, 4.69) is 5.32 Å². The van der Waals surface area contributed by atoms with E-state index >= 15 is 0 Å². The molecule has 1 saturated carbocycles. The Hall–Kier alpha value is -1.60. The number of rotatable bonds is 6. The van der Waals surface area contributed by atoms with Crippen molar-refractivity contribution >= 4 is 15.9 Å². The molecule has 1 aromatic carbocycles. The Labute approximate surface area is 162 Å². The van der Waals surface area contributed by atoms with Crippen molar-refractivity contribution in [3.8, 4) is 5.75 Å². The van der Waals surface area contributed by atoms with Crippen molar-refractivity contribution in [1.82, 2.24) is 9.62 Å². The first-order valence-corrected chi connectivity index (χ1v) is 11.4. The SMILES string of the molecule is CC(C)Oc1ccc(S(=O)(=O)N2CCC[C@H]2C(=O)NC2CCCCC2)cc1. The van der Waals surface area contributed by atoms with Gasteiger partial charge in [0.1, 0.15) is 11.8 Å². The molecule has 0 spiro atoms. The third-order valence-electron chi connectivity index (χ3n) is 5.26. The highest BCUT2D eigenvalue weighted by Crippen LogP contribution is 2.28. The van der Waals surface area contributed by atoms with Crippen molar-refractivity contribution in [3.63, 3.8) is 0 Å². The van der Waals surface area contributed by atoms with Crippen LogP contribution in [0.2, 0.25) is 0 Å². The normalized spacial score (nSPS) is 22.1. The first-order valence-electron chi connectivity index (χ1n) is 9.97. The van der Waals surface area contributed by atoms with Crippen LogP contribution in [0, 0.1) is 0 Å². The Morgan fingerprint density at radius 1 is 1.07 bits per heavy atom. The lowest BCUT2D eigenvalue weighted by Crippen LogP contribution is -2.49. The lowest BCUT2D eigenvalue weighted by molar-refractivity contribution is -0.125. The average Bonchev–Trinajstić information content (AvgIpc) is 3.13. The minimum atomic E-state index is -3.70. The molecule has 1 atom stereocenters. The Bertz CT molecular complexity index is 740. The maximum absolute atomic E-state index is 13.1. The van der Waals surface area contributed by atoms with E-state index in [1.807, 2.05) is 13.8 Å². The molecule has 0 radical (unpaired) electrons. The fourth-order valence-electron chi connectivity index (χ4n) is 3.93. The fraction of sp³-hybridized carbons (Fsp3) is 0.650. The van der Waals surface area contributed by atoms with Gasteiger partial charge in [-0.1, -0.05) is 19.3 Å². The van der Waals surface area contributed by atoms with Crippen LogP contribution in [0.15, 0.2) is 29.2 Å². The van der Waals surface area contributed by atoms with Crippen LogP contribution in [0.25, 0.3) is 0 Å². The average molecular weight is 395 g/mol. The van der Waals surface area contributed by atoms with E-state index in [-0.39, 0.29) is 22.9 Å². The number of amides is 1. The zero-order valence-electron chi connectivity index (χ0n) is 16.2. The molecule has 0 unspecified atom stereocenters. The van der Waals surface area contributed by atoms with Gasteiger partial charge in [0.05, 0.1) is 11.0 Å². The summed E-state index contributed by atoms with van der Waals surface area (Å²) in [6.45, 7) is 4.23. The standard InChI is InChI=1S/C20H30N2O4S/c1-15(2)26-17-10-12-18(13-11-17)27(24,25)22-14-6-9-19(22)20(23)21-16-7-4-3-5-8-16/h10-13,15-16,19H,3-9,14H2,1-2H3,(H,21,23)/t19-/m0/s1. The van der Waals surface area contributed by atoms with Gasteiger partial charge in [0.25, 0.3) is 0 Å². The number of hydrogen-bond donors (Lipinski definition) is 1. The molecule has 1 saturated heterocycles. The number of carbonyl (C=O) groups is 1. The van der Waals surface area contributed by atoms with Crippen LogP contribution in [0.5, 0.6) is 5.75 Å². The van der Waals surface area contributed by atoms with E-state index in [1.54, 1.807) is 24.3 Å². The van der Waals surface area contributed by atoms with Crippen molar-refractivity contribution in [3.05, 3.63) is 24.3 Å². The quantitative estimate of drug-likeness (QED) is 0.804. The maximum atomic E-state index is 13.1. The molecule has 0 aromatic heterocycles. The van der Waals surface area contributed by atoms with E-state index in [0.29, 0.717) is 25.1 Å². The van der Waals surface area contributed by atoms with Crippen LogP contribution in [0.3, 0.4) is 0 Å². The minimum absolute atomic E-state index is 0.0268. The van der Waals surface area contributed by atoms with Crippen LogP contribution >= 0.6 is 0 Å². The van der Waals surface area contributed by atoms with E-state index in [4.69, 9.17) is 4.74 Å². The van der Waals surface area contributed by atoms with E-state index in [1.165, 1.54) is 10.7 Å². The Morgan fingerprint density at radius 2 is 1.74 bits per heavy atom. The number of ether oxygens (including phenoxy) is 1. The van der Waals surface area contributed by atoms with Crippen molar-refractivity contribution in [2.24, 2.45) is 0 Å². The second-order valence-corrected chi connectivity index (χ2v) is 9.65. The molecule has 3 rings (SSSR count). The van der Waals surface area contributed by atoms with Crippen molar-refractivity contribution < 1.29 is 17.9 Å². The van der Waals surface area contributed by atoms with Gasteiger partial charge in [0, 0.05) is 12.6 Å². The summed E-state index contributed by atoms with van der Waals surface area (Å²) in [5, 5.41) is 3.08. The summed E-state index contributed by atoms with van der Waals surface area (Å²) >= 11 is 0. The van der Waals surface area contributed by atoms with Gasteiger partial charge in [0.15, 0.2) is 0 Å². The molecule has 150 valence electrons. The van der Waals surface area contributed by atoms with Gasteiger partial charge in [-0.25, -0.2) is 8.42 Å². The smallest absolute Gasteiger partial charge is 0.243 e. The van der Waals surface area contributed by atoms with Gasteiger partial charge >= 0.3 is 0 Å². The summed E-state index contributed by atoms with van der Waals surface area (Å²) < 4.78 is 33.1. The number of carbonyl (C=O) groups excluding carboxylic acids is 1. The van der Waals surface area contributed by atoms with E-state index in [9.17, 15) is 13.2 Å². The zero-order valence-corrected chi connectivity index (χ0v) is 17.0. The number of nitrogens with zero attached hydrogens (tertiary/aromatic N) is 1. The van der Waals surface area contributed by atoms with Crippen LogP contribution in [0.4, 0.5) is 0 Å². The topological polar surface area (TPSA) is 75.7 Å². The maximum Gasteiger partial charge on any atom is 0.243 e. The third kappa shape index (κ3) is 4.82. The molecule has 1 aromatic rings. The van der Waals surface area contributed by atoms with Gasteiger partial charge in [-0.15, -0.1) is 0 Å². The molecule has 1 amide bonds. The fourth-order valence-corrected chi connectivity index (χ4v) is 5.59. The number of nitrogens with one attached hydrogen (secondary N) is 1. The van der Waals surface area contributed by atoms with Crippen molar-refractivity contribution in [2.45, 2.75) is 81.9 Å². The lowest BCUT2D eigenvalue weighted by atomic mass is 9.95. The van der Waals surface area contributed by atoms with Crippen LogP contribution < -0.4 is 10.1 Å². The number of benzene rings is 1. The summed E-state index contributed by atoms with van der Waals surface area (Å²) in [7, 11) is -3.70. The molecule has 6 nitrogen and oxygen atoms in total. The van der Waals surface area contributed by atoms with Gasteiger partial charge in [-0.2, -0.15) is 4.31 Å². The van der Waals surface area contributed by atoms with Crippen LogP contribution in [-0.2, 0) is 14.8 Å². The summed E-state index contributed by atoms with van der Waals surface area (Å²) in [6, 6.07) is 6.02. The highest BCUT2D eigenvalue weighted by atomic mass is 32.2. The van der Waals surface area contributed by atoms with Gasteiger partial charge in [-0.3, -0.25) is 4.79 Å². The highest BCUT2D eigenvalue weighted by Gasteiger charge is 2.40. The molecule has 2 aliphatic rings. The largest absolute Gasteiger partial charge is 0.491 e. The minimum Gasteiger partial charge on any atom is -0.491 e. The first kappa shape index (κ1) is 20.1. The molecular formula is C20H30N2O4S. The Balaban J connectivity index is 1.71. The molecular weight excluding hydrogens is 364 g/mol. The summed E-state index contributed by atoms with van der Waals surface area (Å²) in [5.74, 6) is 0.486. The molecule has 2 fully saturated rings. The Morgan fingerprint density at radius 3 is 2.37 bits per heavy atom. The highest BCUT2D eigenvalue weighted by molar-refractivity contribution is 7.89. The molecule has 1 N–H and O–H groups in total. The predicted molar refractivity (Wildman–Crippen MR) is 104 cm³/mol. The van der Waals surface area contributed by atoms with Crippen molar-refractivity contribution in [2.75, 3.05) is 6.54 Å². The van der Waals surface area contributed by atoms with Gasteiger partial charge in [-0.05, 0) is 63.8 Å². The molecule has 7 heteroatoms. The third-order valence-corrected chi connectivity index (χ3v) is 7.18. The van der Waals surface area contributed by atoms with Gasteiger partial charge < -0.3 is 10.1 Å². The molecule has 1 heterocycles. The second kappa shape index (κ2) is 8.61. The first-order chi connectivity index (χ1) is 12.9. The molecule has 1 aliphatic heterocycles. The van der Waals surface area contributed by atoms with Crippen LogP contribution in [0.1, 0.15) is 58.8 Å². The predicted octanol–water partition coefficient (Wildman–Crippen LogP) is 3.08. The number of hydrogen-bond acceptors (Lipinski definition) is 4. The number of sulfonamides is 1. The summed E-state index contributed by atoms with van der Waals surface area (Å²) in [5.41, 5.74) is 0. The Kier molecular flexibility index (Phi) is 6.42. The molecule has 27 heavy (non-hydrogen) atoms.